The molecule has 0 spiro atoms. The van der Waals surface area contributed by atoms with E-state index in [2.05, 4.69) is 20.9 Å². The summed E-state index contributed by atoms with van der Waals surface area (Å²) in [5.74, 6) is 0. The Kier molecular flexibility index (Phi) is 7.63. The molecule has 0 aliphatic carbocycles. The first-order valence-electron chi connectivity index (χ1n) is 13.8. The van der Waals surface area contributed by atoms with Gasteiger partial charge in [-0.1, -0.05) is 24.3 Å². The maximum absolute atomic E-state index is 14.1. The quantitative estimate of drug-likeness (QED) is 0.307. The predicted molar refractivity (Wildman–Crippen MR) is 157 cm³/mol. The lowest BCUT2D eigenvalue weighted by Crippen LogP contribution is -2.51. The summed E-state index contributed by atoms with van der Waals surface area (Å²) in [5.41, 5.74) is 9.76. The molecule has 3 aliphatic heterocycles. The highest BCUT2D eigenvalue weighted by atomic mass is 32.2. The molecule has 6 rings (SSSR count). The van der Waals surface area contributed by atoms with Crippen molar-refractivity contribution < 1.29 is 13.2 Å². The lowest BCUT2D eigenvalue weighted by molar-refractivity contribution is 0.244. The average Bonchev–Trinajstić information content (AvgIpc) is 3.67. The molecule has 1 aromatic heterocycles. The lowest BCUT2D eigenvalue weighted by atomic mass is 10.1. The zero-order valence-electron chi connectivity index (χ0n) is 22.6. The minimum absolute atomic E-state index is 0.0783. The highest BCUT2D eigenvalue weighted by Gasteiger charge is 2.34. The minimum atomic E-state index is -3.78. The molecule has 1 fully saturated rings. The zero-order valence-corrected chi connectivity index (χ0v) is 23.4. The summed E-state index contributed by atoms with van der Waals surface area (Å²) in [4.78, 5) is 18.8. The largest absolute Gasteiger partial charge is 0.361 e. The number of amides is 2. The van der Waals surface area contributed by atoms with E-state index in [1.165, 1.54) is 0 Å². The van der Waals surface area contributed by atoms with Gasteiger partial charge in [0.1, 0.15) is 6.17 Å². The second-order valence-corrected chi connectivity index (χ2v) is 12.3. The van der Waals surface area contributed by atoms with E-state index >= 15 is 0 Å². The number of hydrogen-bond acceptors (Lipinski definition) is 7. The third-order valence-corrected chi connectivity index (χ3v) is 9.71. The number of imidazole rings is 1. The molecule has 3 aromatic rings. The molecule has 0 bridgehead atoms. The van der Waals surface area contributed by atoms with E-state index in [0.29, 0.717) is 19.6 Å². The van der Waals surface area contributed by atoms with E-state index in [1.807, 2.05) is 47.2 Å². The smallest absolute Gasteiger partial charge is 0.327 e. The van der Waals surface area contributed by atoms with E-state index in [0.717, 1.165) is 54.0 Å². The summed E-state index contributed by atoms with van der Waals surface area (Å²) in [6.45, 7) is 2.89. The van der Waals surface area contributed by atoms with Crippen molar-refractivity contribution in [3.8, 4) is 0 Å². The van der Waals surface area contributed by atoms with Gasteiger partial charge in [0.05, 0.1) is 16.9 Å². The van der Waals surface area contributed by atoms with Crippen LogP contribution in [0.25, 0.3) is 5.70 Å². The molecule has 1 atom stereocenters. The summed E-state index contributed by atoms with van der Waals surface area (Å²) < 4.78 is 31.7. The molecule has 4 heterocycles. The van der Waals surface area contributed by atoms with Crippen LogP contribution in [0.4, 0.5) is 10.5 Å². The Hall–Kier alpha value is -3.97. The van der Waals surface area contributed by atoms with Crippen LogP contribution in [0.1, 0.15) is 24.0 Å². The Labute approximate surface area is 239 Å². The summed E-state index contributed by atoms with van der Waals surface area (Å²) in [6.07, 6.45) is 10.1. The molecule has 0 saturated carbocycles. The first-order chi connectivity index (χ1) is 19.9. The first-order valence-corrected chi connectivity index (χ1v) is 15.2. The average molecular weight is 575 g/mol. The van der Waals surface area contributed by atoms with Crippen LogP contribution in [-0.2, 0) is 23.1 Å². The van der Waals surface area contributed by atoms with Crippen LogP contribution in [0, 0.1) is 0 Å². The molecule has 2 amide bonds. The third-order valence-electron chi connectivity index (χ3n) is 7.76. The molecule has 0 radical (unpaired) electrons. The Morgan fingerprint density at radius 2 is 1.88 bits per heavy atom. The van der Waals surface area contributed by atoms with E-state index in [4.69, 9.17) is 5.73 Å². The number of rotatable bonds is 9. The van der Waals surface area contributed by atoms with Crippen LogP contribution < -0.4 is 26.6 Å². The van der Waals surface area contributed by atoms with Gasteiger partial charge in [-0.15, -0.1) is 0 Å². The van der Waals surface area contributed by atoms with E-state index < -0.39 is 16.2 Å². The molecule has 5 N–H and O–H groups in total. The highest BCUT2D eigenvalue weighted by molar-refractivity contribution is 7.89. The number of piperidine rings is 1. The predicted octanol–water partition coefficient (Wildman–Crippen LogP) is 2.17. The molecule has 1 unspecified atom stereocenters. The van der Waals surface area contributed by atoms with Gasteiger partial charge in [0.2, 0.25) is 10.0 Å². The molecule has 12 heteroatoms. The number of anilines is 1. The van der Waals surface area contributed by atoms with Gasteiger partial charge >= 0.3 is 6.03 Å². The van der Waals surface area contributed by atoms with Crippen LogP contribution in [-0.4, -0.2) is 60.1 Å². The SMILES string of the molecule is NCc1ccc(N2C=C3C=C(c4cccc(S(=O)(=O)N(CCn5ccnc5)C5CCNCC5)c4)NC3NC2=O)cc1. The summed E-state index contributed by atoms with van der Waals surface area (Å²) >= 11 is 0. The summed E-state index contributed by atoms with van der Waals surface area (Å²) in [6, 6.07) is 14.2. The normalized spacial score (nSPS) is 19.4. The van der Waals surface area contributed by atoms with Crippen LogP contribution in [0.5, 0.6) is 0 Å². The van der Waals surface area contributed by atoms with Crippen LogP contribution in [0.2, 0.25) is 0 Å². The van der Waals surface area contributed by atoms with Gasteiger partial charge in [-0.3, -0.25) is 4.90 Å². The first kappa shape index (κ1) is 27.2. The molecular weight excluding hydrogens is 540 g/mol. The van der Waals surface area contributed by atoms with Crippen molar-refractivity contribution in [2.45, 2.75) is 43.0 Å². The van der Waals surface area contributed by atoms with E-state index in [9.17, 15) is 13.2 Å². The second-order valence-electron chi connectivity index (χ2n) is 10.4. The number of carbonyl (C=O) groups excluding carboxylic acids is 1. The number of fused-ring (bicyclic) bond motifs is 1. The van der Waals surface area contributed by atoms with Crippen molar-refractivity contribution >= 4 is 27.4 Å². The minimum Gasteiger partial charge on any atom is -0.361 e. The van der Waals surface area contributed by atoms with Gasteiger partial charge in [0.15, 0.2) is 0 Å². The van der Waals surface area contributed by atoms with Crippen molar-refractivity contribution in [2.75, 3.05) is 24.5 Å². The molecule has 2 aromatic carbocycles. The number of nitrogens with two attached hydrogens (primary N) is 1. The Balaban J connectivity index is 1.26. The van der Waals surface area contributed by atoms with Gasteiger partial charge in [-0.25, -0.2) is 18.2 Å². The lowest BCUT2D eigenvalue weighted by Gasteiger charge is -2.34. The molecule has 3 aliphatic rings. The molecular formula is C29H34N8O3S. The number of aromatic nitrogens is 2. The summed E-state index contributed by atoms with van der Waals surface area (Å²) in [5, 5.41) is 9.64. The van der Waals surface area contributed by atoms with Crippen molar-refractivity contribution in [3.05, 3.63) is 96.2 Å². The monoisotopic (exact) mass is 574 g/mol. The van der Waals surface area contributed by atoms with Gasteiger partial charge in [0, 0.05) is 55.5 Å². The molecule has 11 nitrogen and oxygen atoms in total. The van der Waals surface area contributed by atoms with Crippen molar-refractivity contribution in [3.63, 3.8) is 0 Å². The number of benzene rings is 2. The second kappa shape index (κ2) is 11.5. The van der Waals surface area contributed by atoms with Crippen LogP contribution >= 0.6 is 0 Å². The number of nitrogens with one attached hydrogen (secondary N) is 3. The fourth-order valence-corrected chi connectivity index (χ4v) is 7.22. The van der Waals surface area contributed by atoms with Crippen molar-refractivity contribution in [1.29, 1.82) is 0 Å². The van der Waals surface area contributed by atoms with E-state index in [1.54, 1.807) is 46.1 Å². The number of hydrogen-bond donors (Lipinski definition) is 4. The zero-order chi connectivity index (χ0) is 28.4. The summed E-state index contributed by atoms with van der Waals surface area (Å²) in [7, 11) is -3.78. The van der Waals surface area contributed by atoms with Crippen molar-refractivity contribution in [1.82, 2.24) is 29.8 Å². The number of nitrogens with zero attached hydrogens (tertiary/aromatic N) is 4. The fourth-order valence-electron chi connectivity index (χ4n) is 5.50. The number of urea groups is 1. The van der Waals surface area contributed by atoms with Crippen LogP contribution in [0.3, 0.4) is 0 Å². The van der Waals surface area contributed by atoms with Gasteiger partial charge in [-0.2, -0.15) is 4.31 Å². The van der Waals surface area contributed by atoms with Gasteiger partial charge in [-0.05, 0) is 67.4 Å². The molecule has 1 saturated heterocycles. The highest BCUT2D eigenvalue weighted by Crippen LogP contribution is 2.30. The Morgan fingerprint density at radius 3 is 2.61 bits per heavy atom. The maximum Gasteiger partial charge on any atom is 0.327 e. The maximum atomic E-state index is 14.1. The Morgan fingerprint density at radius 1 is 1.07 bits per heavy atom. The van der Waals surface area contributed by atoms with Crippen molar-refractivity contribution in [2.24, 2.45) is 5.73 Å². The van der Waals surface area contributed by atoms with Gasteiger partial charge < -0.3 is 26.3 Å². The molecule has 41 heavy (non-hydrogen) atoms. The van der Waals surface area contributed by atoms with Crippen LogP contribution in [0.15, 0.2) is 90.0 Å². The standard InChI is InChI=1S/C29H34N8O3S/c30-18-21-4-6-24(7-5-21)36-19-23-17-27(33-28(23)34-29(36)38)22-2-1-3-26(16-22)41(39,40)37(25-8-10-31-11-9-25)15-14-35-13-12-32-20-35/h1-7,12-13,16-17,19-20,25,28,31,33H,8-11,14-15,18,30H2,(H,34,38). The van der Waals surface area contributed by atoms with Gasteiger partial charge in [0.25, 0.3) is 0 Å². The topological polar surface area (TPSA) is 138 Å². The van der Waals surface area contributed by atoms with E-state index in [-0.39, 0.29) is 17.0 Å². The number of sulfonamides is 1. The Bertz CT molecular complexity index is 1560. The third kappa shape index (κ3) is 5.64. The fraction of sp³-hybridized carbons (Fsp3) is 0.310. The molecule has 214 valence electrons. The number of carbonyl (C=O) groups is 1.